The molecule has 4 unspecified atom stereocenters. The Hall–Kier alpha value is -3.60. The minimum atomic E-state index is -0.532. The lowest BCUT2D eigenvalue weighted by Crippen LogP contribution is -2.42. The molecule has 4 atom stereocenters. The Morgan fingerprint density at radius 1 is 0.917 bits per heavy atom. The van der Waals surface area contributed by atoms with E-state index in [-0.39, 0.29) is 30.6 Å². The number of hydrogen-bond donors (Lipinski definition) is 3. The van der Waals surface area contributed by atoms with Gasteiger partial charge in [-0.2, -0.15) is 0 Å². The van der Waals surface area contributed by atoms with Crippen molar-refractivity contribution < 1.29 is 28.9 Å². The zero-order valence-corrected chi connectivity index (χ0v) is 28.4. The van der Waals surface area contributed by atoms with Gasteiger partial charge in [-0.3, -0.25) is 14.5 Å². The quantitative estimate of drug-likeness (QED) is 0.167. The van der Waals surface area contributed by atoms with Gasteiger partial charge in [0.15, 0.2) is 6.29 Å². The molecule has 0 aromatic heterocycles. The first kappa shape index (κ1) is 35.7. The van der Waals surface area contributed by atoms with Crippen LogP contribution < -0.4 is 10.6 Å². The van der Waals surface area contributed by atoms with Crippen LogP contribution in [0.5, 0.6) is 0 Å². The van der Waals surface area contributed by atoms with Gasteiger partial charge in [-0.15, -0.1) is 0 Å². The van der Waals surface area contributed by atoms with Crippen LogP contribution in [0.2, 0.25) is 0 Å². The molecule has 0 spiro atoms. The second kappa shape index (κ2) is 18.2. The summed E-state index contributed by atoms with van der Waals surface area (Å²) in [6.07, 6.45) is 5.40. The summed E-state index contributed by atoms with van der Waals surface area (Å²) in [5, 5.41) is 15.4. The molecular formula is C39H51N3O6. The van der Waals surface area contributed by atoms with Crippen molar-refractivity contribution in [2.24, 2.45) is 0 Å². The first-order chi connectivity index (χ1) is 23.4. The van der Waals surface area contributed by atoms with Gasteiger partial charge in [0.05, 0.1) is 25.4 Å². The molecule has 2 aliphatic heterocycles. The summed E-state index contributed by atoms with van der Waals surface area (Å²) in [5.41, 5.74) is 6.06. The first-order valence-corrected chi connectivity index (χ1v) is 17.4. The third-order valence-corrected chi connectivity index (χ3v) is 9.27. The number of unbranched alkanes of at least 4 members (excludes halogenated alkanes) is 2. The Balaban J connectivity index is 1.24. The summed E-state index contributed by atoms with van der Waals surface area (Å²) < 4.78 is 18.9. The van der Waals surface area contributed by atoms with Crippen molar-refractivity contribution in [1.29, 1.82) is 0 Å². The Labute approximate surface area is 285 Å². The highest BCUT2D eigenvalue weighted by Gasteiger charge is 2.35. The molecule has 3 aromatic carbocycles. The Morgan fingerprint density at radius 2 is 1.71 bits per heavy atom. The summed E-state index contributed by atoms with van der Waals surface area (Å²) in [5.74, 6) is 0.0110. The van der Waals surface area contributed by atoms with E-state index in [9.17, 15) is 14.7 Å². The standard InChI is InChI=1S/C39H51N3O6/c1-28(44)40-19-5-3-4-14-38(45)41-24-30-9-6-10-32(21-30)33-11-7-12-34(22-33)39-47-36(25-42-20-8-13-35(42)27-46-2)23-37(48-39)31-17-15-29(26-43)16-18-31/h6-7,9-12,15-18,21-22,35-37,39,43H,3-5,8,13-14,19-20,23-27H2,1-2H3,(H,40,44)(H,41,45). The van der Waals surface area contributed by atoms with Crippen molar-refractivity contribution in [3.8, 4) is 11.1 Å². The summed E-state index contributed by atoms with van der Waals surface area (Å²) in [6, 6.07) is 25.0. The zero-order chi connectivity index (χ0) is 33.7. The van der Waals surface area contributed by atoms with Crippen molar-refractivity contribution in [1.82, 2.24) is 15.5 Å². The Morgan fingerprint density at radius 3 is 2.48 bits per heavy atom. The van der Waals surface area contributed by atoms with E-state index in [1.165, 1.54) is 13.3 Å². The van der Waals surface area contributed by atoms with Gasteiger partial charge in [-0.05, 0) is 72.2 Å². The molecule has 3 N–H and O–H groups in total. The number of ether oxygens (including phenoxy) is 3. The van der Waals surface area contributed by atoms with E-state index in [0.717, 1.165) is 85.2 Å². The van der Waals surface area contributed by atoms with Gasteiger partial charge in [-0.25, -0.2) is 0 Å². The molecule has 2 heterocycles. The highest BCUT2D eigenvalue weighted by Crippen LogP contribution is 2.39. The van der Waals surface area contributed by atoms with Crippen LogP contribution in [-0.4, -0.2) is 67.3 Å². The number of nitrogens with one attached hydrogen (secondary N) is 2. The number of methoxy groups -OCH3 is 1. The van der Waals surface area contributed by atoms with Crippen molar-refractivity contribution in [3.63, 3.8) is 0 Å². The van der Waals surface area contributed by atoms with Gasteiger partial charge >= 0.3 is 0 Å². The number of nitrogens with zero attached hydrogens (tertiary/aromatic N) is 1. The Kier molecular flexibility index (Phi) is 13.6. The number of rotatable bonds is 16. The van der Waals surface area contributed by atoms with Gasteiger partial charge in [0.25, 0.3) is 0 Å². The third-order valence-electron chi connectivity index (χ3n) is 9.27. The van der Waals surface area contributed by atoms with Crippen LogP contribution in [0, 0.1) is 0 Å². The van der Waals surface area contributed by atoms with E-state index in [0.29, 0.717) is 25.6 Å². The van der Waals surface area contributed by atoms with Crippen LogP contribution in [0.15, 0.2) is 72.8 Å². The minimum Gasteiger partial charge on any atom is -0.392 e. The van der Waals surface area contributed by atoms with Crippen LogP contribution in [0.4, 0.5) is 0 Å². The third kappa shape index (κ3) is 10.4. The number of carbonyl (C=O) groups is 2. The number of benzene rings is 3. The summed E-state index contributed by atoms with van der Waals surface area (Å²) in [7, 11) is 1.77. The Bertz CT molecular complexity index is 1460. The molecule has 48 heavy (non-hydrogen) atoms. The minimum absolute atomic E-state index is 0.0124. The molecule has 0 saturated carbocycles. The molecule has 2 amide bonds. The van der Waals surface area contributed by atoms with Gasteiger partial charge in [0.1, 0.15) is 0 Å². The summed E-state index contributed by atoms with van der Waals surface area (Å²) in [4.78, 5) is 25.9. The van der Waals surface area contributed by atoms with E-state index in [2.05, 4.69) is 45.9 Å². The average molecular weight is 658 g/mol. The molecule has 2 saturated heterocycles. The molecule has 2 fully saturated rings. The van der Waals surface area contributed by atoms with Crippen LogP contribution in [0.25, 0.3) is 11.1 Å². The van der Waals surface area contributed by atoms with E-state index in [1.54, 1.807) is 7.11 Å². The fraction of sp³-hybridized carbons (Fsp3) is 0.487. The summed E-state index contributed by atoms with van der Waals surface area (Å²) in [6.45, 7) is 5.23. The van der Waals surface area contributed by atoms with E-state index >= 15 is 0 Å². The number of amides is 2. The van der Waals surface area contributed by atoms with Gasteiger partial charge in [0, 0.05) is 58.1 Å². The van der Waals surface area contributed by atoms with Gasteiger partial charge < -0.3 is 30.0 Å². The van der Waals surface area contributed by atoms with Gasteiger partial charge in [-0.1, -0.05) is 67.1 Å². The number of likely N-dealkylation sites (tertiary alicyclic amines) is 1. The predicted octanol–water partition coefficient (Wildman–Crippen LogP) is 5.81. The molecule has 0 aliphatic carbocycles. The molecule has 5 rings (SSSR count). The smallest absolute Gasteiger partial charge is 0.220 e. The SMILES string of the molecule is COCC1CCCN1CC1CC(c2ccc(CO)cc2)OC(c2cccc(-c3cccc(CNC(=O)CCCCCNC(C)=O)c3)c2)O1. The monoisotopic (exact) mass is 657 g/mol. The van der Waals surface area contributed by atoms with E-state index in [4.69, 9.17) is 14.2 Å². The zero-order valence-electron chi connectivity index (χ0n) is 28.4. The maximum absolute atomic E-state index is 12.4. The largest absolute Gasteiger partial charge is 0.392 e. The van der Waals surface area contributed by atoms with Crippen molar-refractivity contribution >= 4 is 11.8 Å². The lowest BCUT2D eigenvalue weighted by molar-refractivity contribution is -0.253. The van der Waals surface area contributed by atoms with Crippen molar-refractivity contribution in [2.75, 3.05) is 33.4 Å². The summed E-state index contributed by atoms with van der Waals surface area (Å²) >= 11 is 0. The lowest BCUT2D eigenvalue weighted by atomic mass is 9.98. The molecule has 0 radical (unpaired) electrons. The van der Waals surface area contributed by atoms with Crippen LogP contribution in [0.1, 0.15) is 86.5 Å². The normalized spacial score (nSPS) is 21.2. The molecule has 2 aliphatic rings. The van der Waals surface area contributed by atoms with E-state index in [1.807, 2.05) is 42.5 Å². The molecule has 9 nitrogen and oxygen atoms in total. The second-order valence-corrected chi connectivity index (χ2v) is 13.0. The maximum atomic E-state index is 12.4. The van der Waals surface area contributed by atoms with Crippen molar-refractivity contribution in [2.45, 2.75) is 89.6 Å². The fourth-order valence-corrected chi connectivity index (χ4v) is 6.68. The first-order valence-electron chi connectivity index (χ1n) is 17.4. The van der Waals surface area contributed by atoms with Crippen molar-refractivity contribution in [3.05, 3.63) is 95.1 Å². The number of aliphatic hydroxyl groups excluding tert-OH is 1. The number of aliphatic hydroxyl groups is 1. The van der Waals surface area contributed by atoms with E-state index < -0.39 is 6.29 Å². The maximum Gasteiger partial charge on any atom is 0.220 e. The predicted molar refractivity (Wildman–Crippen MR) is 186 cm³/mol. The highest BCUT2D eigenvalue weighted by atomic mass is 16.7. The van der Waals surface area contributed by atoms with Crippen LogP contribution in [-0.2, 0) is 37.0 Å². The fourth-order valence-electron chi connectivity index (χ4n) is 6.68. The lowest BCUT2D eigenvalue weighted by Gasteiger charge is -2.39. The molecule has 9 heteroatoms. The number of hydrogen-bond acceptors (Lipinski definition) is 7. The molecule has 3 aromatic rings. The number of carbonyl (C=O) groups excluding carboxylic acids is 2. The molecular weight excluding hydrogens is 606 g/mol. The molecule has 258 valence electrons. The topological polar surface area (TPSA) is 109 Å². The second-order valence-electron chi connectivity index (χ2n) is 13.0. The van der Waals surface area contributed by atoms with Crippen LogP contribution >= 0.6 is 0 Å². The molecule has 0 bridgehead atoms. The van der Waals surface area contributed by atoms with Gasteiger partial charge in [0.2, 0.25) is 11.8 Å². The van der Waals surface area contributed by atoms with Crippen LogP contribution in [0.3, 0.4) is 0 Å². The average Bonchev–Trinajstić information content (AvgIpc) is 3.55. The highest BCUT2D eigenvalue weighted by molar-refractivity contribution is 5.76.